The molecule has 4 amide bonds. The normalized spacial score (nSPS) is 21.5. The summed E-state index contributed by atoms with van der Waals surface area (Å²) < 4.78 is 12.2. The monoisotopic (exact) mass is 480 g/mol. The number of anilines is 2. The summed E-state index contributed by atoms with van der Waals surface area (Å²) in [6.07, 6.45) is 1.16. The number of nitrogens with one attached hydrogen (secondary N) is 3. The average molecular weight is 481 g/mol. The van der Waals surface area contributed by atoms with Gasteiger partial charge in [0.25, 0.3) is 5.91 Å². The molecule has 0 bridgehead atoms. The van der Waals surface area contributed by atoms with Crippen molar-refractivity contribution in [1.82, 2.24) is 10.2 Å². The number of rotatable bonds is 5. The molecular weight excluding hydrogens is 448 g/mol. The molecule has 0 saturated carbocycles. The van der Waals surface area contributed by atoms with Crippen LogP contribution in [-0.2, 0) is 9.53 Å². The highest BCUT2D eigenvalue weighted by molar-refractivity contribution is 6.02. The van der Waals surface area contributed by atoms with E-state index in [1.165, 1.54) is 0 Å². The summed E-state index contributed by atoms with van der Waals surface area (Å²) in [6.45, 7) is 4.68. The fourth-order valence-corrected chi connectivity index (χ4v) is 4.60. The van der Waals surface area contributed by atoms with Crippen molar-refractivity contribution in [2.75, 3.05) is 30.8 Å². The molecule has 1 fully saturated rings. The summed E-state index contributed by atoms with van der Waals surface area (Å²) >= 11 is 0. The number of aryl methyl sites for hydroxylation is 1. The number of fused-ring (bicyclic) bond motifs is 2. The second-order valence-electron chi connectivity index (χ2n) is 8.99. The minimum atomic E-state index is -0.401. The van der Waals surface area contributed by atoms with Crippen molar-refractivity contribution in [3.05, 3.63) is 53.6 Å². The number of benzene rings is 2. The van der Waals surface area contributed by atoms with Crippen LogP contribution in [0.2, 0.25) is 0 Å². The first-order valence-corrected chi connectivity index (χ1v) is 11.9. The van der Waals surface area contributed by atoms with E-state index in [1.807, 2.05) is 38.1 Å². The second kappa shape index (κ2) is 10.8. The molecule has 9 heteroatoms. The molecule has 0 aliphatic carbocycles. The number of amides is 4. The Kier molecular flexibility index (Phi) is 7.55. The van der Waals surface area contributed by atoms with E-state index in [9.17, 15) is 14.4 Å². The molecule has 0 aromatic heterocycles. The van der Waals surface area contributed by atoms with E-state index in [0.717, 1.165) is 5.56 Å². The van der Waals surface area contributed by atoms with Gasteiger partial charge in [-0.1, -0.05) is 12.1 Å². The lowest BCUT2D eigenvalue weighted by molar-refractivity contribution is -0.133. The first kappa shape index (κ1) is 24.5. The molecule has 3 atom stereocenters. The molecule has 2 heterocycles. The van der Waals surface area contributed by atoms with E-state index in [2.05, 4.69) is 16.0 Å². The fraction of sp³-hybridized carbons (Fsp3) is 0.423. The number of nitrogens with zero attached hydrogens (tertiary/aromatic N) is 1. The van der Waals surface area contributed by atoms with Crippen molar-refractivity contribution in [3.8, 4) is 5.75 Å². The molecule has 2 aliphatic heterocycles. The van der Waals surface area contributed by atoms with Gasteiger partial charge in [-0.3, -0.25) is 9.59 Å². The predicted molar refractivity (Wildman–Crippen MR) is 133 cm³/mol. The molecule has 0 unspecified atom stereocenters. The molecule has 2 aliphatic rings. The quantitative estimate of drug-likeness (QED) is 0.607. The maximum atomic E-state index is 13.4. The van der Waals surface area contributed by atoms with Crippen LogP contribution in [0.4, 0.5) is 16.2 Å². The molecule has 0 spiro atoms. The lowest BCUT2D eigenvalue weighted by Crippen LogP contribution is -2.54. The summed E-state index contributed by atoms with van der Waals surface area (Å²) in [5.74, 6) is 0.187. The Hall–Kier alpha value is -3.59. The van der Waals surface area contributed by atoms with E-state index in [-0.39, 0.29) is 36.7 Å². The van der Waals surface area contributed by atoms with E-state index in [4.69, 9.17) is 9.47 Å². The second-order valence-corrected chi connectivity index (χ2v) is 8.99. The van der Waals surface area contributed by atoms with E-state index >= 15 is 0 Å². The van der Waals surface area contributed by atoms with Gasteiger partial charge in [-0.15, -0.1) is 0 Å². The van der Waals surface area contributed by atoms with Gasteiger partial charge in [-0.25, -0.2) is 4.79 Å². The lowest BCUT2D eigenvalue weighted by atomic mass is 9.94. The first-order chi connectivity index (χ1) is 16.8. The molecular formula is C26H32N4O5. The molecule has 2 aromatic carbocycles. The Labute approximate surface area is 205 Å². The summed E-state index contributed by atoms with van der Waals surface area (Å²) in [7, 11) is 1.76. The molecule has 3 N–H and O–H groups in total. The Morgan fingerprint density at radius 2 is 1.86 bits per heavy atom. The van der Waals surface area contributed by atoms with Gasteiger partial charge in [0.15, 0.2) is 0 Å². The zero-order valence-corrected chi connectivity index (χ0v) is 20.3. The van der Waals surface area contributed by atoms with Gasteiger partial charge in [-0.05, 0) is 62.6 Å². The SMILES string of the molecule is CCNC(=O)C[C@@H]1CC[C@H]2[C@@H](COc3ccc(NC(=O)Nc4cccc(C)c4)cc3C(=O)N2C)O1. The predicted octanol–water partition coefficient (Wildman–Crippen LogP) is 3.55. The third kappa shape index (κ3) is 5.92. The van der Waals surface area contributed by atoms with E-state index in [0.29, 0.717) is 48.5 Å². The molecule has 4 rings (SSSR count). The Balaban J connectivity index is 1.45. The van der Waals surface area contributed by atoms with Crippen molar-refractivity contribution in [2.45, 2.75) is 51.4 Å². The van der Waals surface area contributed by atoms with Gasteiger partial charge in [-0.2, -0.15) is 0 Å². The Morgan fingerprint density at radius 1 is 1.09 bits per heavy atom. The van der Waals surface area contributed by atoms with E-state index in [1.54, 1.807) is 30.1 Å². The van der Waals surface area contributed by atoms with Crippen LogP contribution >= 0.6 is 0 Å². The lowest BCUT2D eigenvalue weighted by Gasteiger charge is -2.42. The smallest absolute Gasteiger partial charge is 0.323 e. The summed E-state index contributed by atoms with van der Waals surface area (Å²) in [6, 6.07) is 11.9. The van der Waals surface area contributed by atoms with Crippen molar-refractivity contribution in [3.63, 3.8) is 0 Å². The highest BCUT2D eigenvalue weighted by atomic mass is 16.5. The van der Waals surface area contributed by atoms with Crippen molar-refractivity contribution in [2.24, 2.45) is 0 Å². The number of carbonyl (C=O) groups is 3. The molecule has 9 nitrogen and oxygen atoms in total. The molecule has 186 valence electrons. The standard InChI is InChI=1S/C26H32N4O5/c1-4-27-24(31)14-19-9-10-21-23(35-19)15-34-22-11-8-18(13-20(22)25(32)30(21)3)29-26(33)28-17-7-5-6-16(2)12-17/h5-8,11-13,19,21,23H,4,9-10,14-15H2,1-3H3,(H,27,31)(H2,28,29,33)/t19-,21-,23+/m0/s1. The maximum Gasteiger partial charge on any atom is 0.323 e. The van der Waals surface area contributed by atoms with Crippen LogP contribution in [0.15, 0.2) is 42.5 Å². The highest BCUT2D eigenvalue weighted by Gasteiger charge is 2.39. The summed E-state index contributed by atoms with van der Waals surface area (Å²) in [5, 5.41) is 8.38. The van der Waals surface area contributed by atoms with Crippen LogP contribution in [-0.4, -0.2) is 61.2 Å². The van der Waals surface area contributed by atoms with Crippen LogP contribution < -0.4 is 20.7 Å². The topological polar surface area (TPSA) is 109 Å². The van der Waals surface area contributed by atoms with Gasteiger partial charge in [0.1, 0.15) is 18.5 Å². The number of urea groups is 1. The number of likely N-dealkylation sites (N-methyl/N-ethyl adjacent to an activating group) is 1. The zero-order valence-electron chi connectivity index (χ0n) is 20.3. The molecule has 2 aromatic rings. The third-order valence-electron chi connectivity index (χ3n) is 6.33. The number of carbonyl (C=O) groups excluding carboxylic acids is 3. The van der Waals surface area contributed by atoms with Crippen LogP contribution in [0.5, 0.6) is 5.75 Å². The van der Waals surface area contributed by atoms with Gasteiger partial charge in [0.05, 0.1) is 24.1 Å². The van der Waals surface area contributed by atoms with Gasteiger partial charge < -0.3 is 30.3 Å². The fourth-order valence-electron chi connectivity index (χ4n) is 4.60. The van der Waals surface area contributed by atoms with Gasteiger partial charge >= 0.3 is 6.03 Å². The summed E-state index contributed by atoms with van der Waals surface area (Å²) in [5.41, 5.74) is 2.58. The zero-order chi connectivity index (χ0) is 24.9. The number of ether oxygens (including phenoxy) is 2. The largest absolute Gasteiger partial charge is 0.490 e. The van der Waals surface area contributed by atoms with Crippen LogP contribution in [0.1, 0.15) is 42.1 Å². The first-order valence-electron chi connectivity index (χ1n) is 11.9. The van der Waals surface area contributed by atoms with Gasteiger partial charge in [0, 0.05) is 25.0 Å². The van der Waals surface area contributed by atoms with Crippen molar-refractivity contribution in [1.29, 1.82) is 0 Å². The van der Waals surface area contributed by atoms with Crippen LogP contribution in [0, 0.1) is 6.92 Å². The average Bonchev–Trinajstić information content (AvgIpc) is 2.82. The van der Waals surface area contributed by atoms with E-state index < -0.39 is 6.03 Å². The van der Waals surface area contributed by atoms with Gasteiger partial charge in [0.2, 0.25) is 5.91 Å². The maximum absolute atomic E-state index is 13.4. The summed E-state index contributed by atoms with van der Waals surface area (Å²) in [4.78, 5) is 39.5. The van der Waals surface area contributed by atoms with Crippen molar-refractivity contribution < 1.29 is 23.9 Å². The Morgan fingerprint density at radius 3 is 2.60 bits per heavy atom. The molecule has 0 radical (unpaired) electrons. The minimum absolute atomic E-state index is 0.0380. The minimum Gasteiger partial charge on any atom is -0.490 e. The third-order valence-corrected chi connectivity index (χ3v) is 6.33. The molecule has 35 heavy (non-hydrogen) atoms. The Bertz CT molecular complexity index is 1100. The number of hydrogen-bond donors (Lipinski definition) is 3. The van der Waals surface area contributed by atoms with Crippen molar-refractivity contribution >= 4 is 29.2 Å². The van der Waals surface area contributed by atoms with Crippen LogP contribution in [0.25, 0.3) is 0 Å². The molecule has 1 saturated heterocycles. The number of hydrogen-bond acceptors (Lipinski definition) is 5. The highest BCUT2D eigenvalue weighted by Crippen LogP contribution is 2.32. The van der Waals surface area contributed by atoms with Crippen LogP contribution in [0.3, 0.4) is 0 Å².